The molecule has 2 heterocycles. The lowest BCUT2D eigenvalue weighted by atomic mass is 10.00. The monoisotopic (exact) mass is 291 g/mol. The molecule has 8 heteroatoms. The first-order chi connectivity index (χ1) is 9.27. The number of aromatic nitrogens is 1. The van der Waals surface area contributed by atoms with Crippen LogP contribution in [0.2, 0.25) is 0 Å². The van der Waals surface area contributed by atoms with Gasteiger partial charge in [0.1, 0.15) is 17.6 Å². The molecule has 5 nitrogen and oxygen atoms in total. The van der Waals surface area contributed by atoms with Crippen molar-refractivity contribution in [2.24, 2.45) is 0 Å². The quantitative estimate of drug-likeness (QED) is 0.742. The zero-order valence-electron chi connectivity index (χ0n) is 10.8. The van der Waals surface area contributed by atoms with E-state index in [1.807, 2.05) is 0 Å². The van der Waals surface area contributed by atoms with Gasteiger partial charge in [0, 0.05) is 13.1 Å². The predicted octanol–water partition coefficient (Wildman–Crippen LogP) is 0.548. The maximum absolute atomic E-state index is 12.6. The molecule has 3 N–H and O–H groups in total. The topological polar surface area (TPSA) is 68.6 Å². The number of anilines is 1. The van der Waals surface area contributed by atoms with E-state index in [4.69, 9.17) is 0 Å². The molecule has 1 aliphatic heterocycles. The van der Waals surface area contributed by atoms with E-state index in [1.54, 1.807) is 11.9 Å². The number of nitrogens with zero attached hydrogens (tertiary/aromatic N) is 2. The van der Waals surface area contributed by atoms with E-state index in [-0.39, 0.29) is 5.82 Å². The van der Waals surface area contributed by atoms with Crippen LogP contribution < -0.4 is 5.32 Å². The molecule has 0 aromatic carbocycles. The second-order valence-electron chi connectivity index (χ2n) is 4.94. The molecule has 0 aliphatic carbocycles. The van der Waals surface area contributed by atoms with E-state index in [2.05, 4.69) is 10.3 Å². The number of alkyl halides is 3. The van der Waals surface area contributed by atoms with Gasteiger partial charge < -0.3 is 20.4 Å². The Morgan fingerprint density at radius 2 is 2.00 bits per heavy atom. The summed E-state index contributed by atoms with van der Waals surface area (Å²) >= 11 is 0. The second kappa shape index (κ2) is 5.55. The van der Waals surface area contributed by atoms with Crippen molar-refractivity contribution in [3.05, 3.63) is 23.9 Å². The molecule has 1 aliphatic rings. The lowest BCUT2D eigenvalue weighted by Gasteiger charge is -2.38. The van der Waals surface area contributed by atoms with Crippen LogP contribution in [-0.2, 0) is 6.18 Å². The molecule has 112 valence electrons. The number of aliphatic hydroxyl groups is 2. The van der Waals surface area contributed by atoms with Gasteiger partial charge >= 0.3 is 6.18 Å². The van der Waals surface area contributed by atoms with Gasteiger partial charge in [0.05, 0.1) is 12.1 Å². The van der Waals surface area contributed by atoms with Gasteiger partial charge in [-0.15, -0.1) is 0 Å². The molecule has 3 atom stereocenters. The molecule has 0 bridgehead atoms. The molecule has 1 fully saturated rings. The third-order valence-electron chi connectivity index (χ3n) is 3.19. The highest BCUT2D eigenvalue weighted by atomic mass is 19.4. The summed E-state index contributed by atoms with van der Waals surface area (Å²) in [7, 11) is 1.75. The first kappa shape index (κ1) is 15.0. The Morgan fingerprint density at radius 1 is 1.30 bits per heavy atom. The van der Waals surface area contributed by atoms with Gasteiger partial charge in [0.25, 0.3) is 0 Å². The van der Waals surface area contributed by atoms with Gasteiger partial charge in [-0.3, -0.25) is 0 Å². The number of rotatable bonds is 2. The van der Waals surface area contributed by atoms with Crippen molar-refractivity contribution in [1.82, 2.24) is 9.88 Å². The van der Waals surface area contributed by atoms with Crippen LogP contribution in [0.15, 0.2) is 18.2 Å². The summed E-state index contributed by atoms with van der Waals surface area (Å²) in [5.41, 5.74) is -0.998. The van der Waals surface area contributed by atoms with Gasteiger partial charge in [-0.05, 0) is 19.2 Å². The average Bonchev–Trinajstić information content (AvgIpc) is 2.35. The summed E-state index contributed by atoms with van der Waals surface area (Å²) in [6.07, 6.45) is -6.52. The molecule has 0 amide bonds. The SMILES string of the molecule is CN1C[C@H](Nc2cccc(C(F)(F)F)n2)[C@@H](O)[C@@H](O)C1. The minimum absolute atomic E-state index is 0.0198. The minimum atomic E-state index is -4.51. The summed E-state index contributed by atoms with van der Waals surface area (Å²) in [6.45, 7) is 0.714. The number of piperidine rings is 1. The first-order valence-corrected chi connectivity index (χ1v) is 6.13. The van der Waals surface area contributed by atoms with Crippen molar-refractivity contribution in [1.29, 1.82) is 0 Å². The molecule has 2 rings (SSSR count). The van der Waals surface area contributed by atoms with Gasteiger partial charge in [-0.1, -0.05) is 6.07 Å². The normalized spacial score (nSPS) is 28.4. The fraction of sp³-hybridized carbons (Fsp3) is 0.583. The van der Waals surface area contributed by atoms with Crippen molar-refractivity contribution in [2.75, 3.05) is 25.5 Å². The first-order valence-electron chi connectivity index (χ1n) is 6.13. The smallest absolute Gasteiger partial charge is 0.389 e. The maximum atomic E-state index is 12.6. The van der Waals surface area contributed by atoms with E-state index in [9.17, 15) is 23.4 Å². The van der Waals surface area contributed by atoms with Crippen LogP contribution >= 0.6 is 0 Å². The van der Waals surface area contributed by atoms with Crippen LogP contribution in [0.1, 0.15) is 5.69 Å². The number of aliphatic hydroxyl groups excluding tert-OH is 2. The van der Waals surface area contributed by atoms with Crippen molar-refractivity contribution in [3.8, 4) is 0 Å². The Balaban J connectivity index is 2.13. The van der Waals surface area contributed by atoms with Crippen LogP contribution in [0.5, 0.6) is 0 Å². The molecule has 0 radical (unpaired) electrons. The average molecular weight is 291 g/mol. The molecule has 1 aromatic rings. The minimum Gasteiger partial charge on any atom is -0.389 e. The number of likely N-dealkylation sites (tertiary alicyclic amines) is 1. The predicted molar refractivity (Wildman–Crippen MR) is 66.2 cm³/mol. The largest absolute Gasteiger partial charge is 0.433 e. The number of likely N-dealkylation sites (N-methyl/N-ethyl adjacent to an activating group) is 1. The zero-order chi connectivity index (χ0) is 14.9. The molecule has 1 aromatic heterocycles. The van der Waals surface area contributed by atoms with Gasteiger partial charge in [-0.2, -0.15) is 13.2 Å². The number of pyridine rings is 1. The molecular formula is C12H16F3N3O2. The van der Waals surface area contributed by atoms with Crippen molar-refractivity contribution < 1.29 is 23.4 Å². The summed E-state index contributed by atoms with van der Waals surface area (Å²) in [6, 6.07) is 2.93. The van der Waals surface area contributed by atoms with Crippen LogP contribution in [-0.4, -0.2) is 58.5 Å². The zero-order valence-corrected chi connectivity index (χ0v) is 10.8. The molecular weight excluding hydrogens is 275 g/mol. The summed E-state index contributed by atoms with van der Waals surface area (Å²) < 4.78 is 37.7. The van der Waals surface area contributed by atoms with Crippen LogP contribution in [0, 0.1) is 0 Å². The number of β-amino-alcohol motifs (C(OH)–C–C–N with tert-alkyl or cyclic N) is 1. The summed E-state index contributed by atoms with van der Waals surface area (Å²) in [5.74, 6) is 0.0198. The van der Waals surface area contributed by atoms with E-state index in [0.29, 0.717) is 13.1 Å². The Morgan fingerprint density at radius 3 is 2.65 bits per heavy atom. The van der Waals surface area contributed by atoms with E-state index in [0.717, 1.165) is 6.07 Å². The summed E-state index contributed by atoms with van der Waals surface area (Å²) in [5, 5.41) is 22.2. The van der Waals surface area contributed by atoms with Crippen LogP contribution in [0.4, 0.5) is 19.0 Å². The van der Waals surface area contributed by atoms with E-state index < -0.39 is 30.1 Å². The highest BCUT2D eigenvalue weighted by Gasteiger charge is 2.35. The molecule has 20 heavy (non-hydrogen) atoms. The van der Waals surface area contributed by atoms with E-state index in [1.165, 1.54) is 12.1 Å². The Kier molecular flexibility index (Phi) is 4.17. The molecule has 1 saturated heterocycles. The Hall–Kier alpha value is -1.38. The number of hydrogen-bond donors (Lipinski definition) is 3. The summed E-state index contributed by atoms with van der Waals surface area (Å²) in [4.78, 5) is 5.26. The van der Waals surface area contributed by atoms with Crippen molar-refractivity contribution >= 4 is 5.82 Å². The molecule has 0 unspecified atom stereocenters. The van der Waals surface area contributed by atoms with Gasteiger partial charge in [-0.25, -0.2) is 4.98 Å². The highest BCUT2D eigenvalue weighted by molar-refractivity contribution is 5.38. The van der Waals surface area contributed by atoms with Crippen molar-refractivity contribution in [2.45, 2.75) is 24.4 Å². The molecule has 0 spiro atoms. The fourth-order valence-electron chi connectivity index (χ4n) is 2.21. The van der Waals surface area contributed by atoms with Crippen LogP contribution in [0.25, 0.3) is 0 Å². The lowest BCUT2D eigenvalue weighted by Crippen LogP contribution is -2.57. The Labute approximate surface area is 114 Å². The number of halogens is 3. The second-order valence-corrected chi connectivity index (χ2v) is 4.94. The van der Waals surface area contributed by atoms with Gasteiger partial charge in [0.15, 0.2) is 0 Å². The number of hydrogen-bond acceptors (Lipinski definition) is 5. The third-order valence-corrected chi connectivity index (χ3v) is 3.19. The van der Waals surface area contributed by atoms with Crippen molar-refractivity contribution in [3.63, 3.8) is 0 Å². The maximum Gasteiger partial charge on any atom is 0.433 e. The van der Waals surface area contributed by atoms with Crippen LogP contribution in [0.3, 0.4) is 0 Å². The highest BCUT2D eigenvalue weighted by Crippen LogP contribution is 2.28. The lowest BCUT2D eigenvalue weighted by molar-refractivity contribution is -0.141. The fourth-order valence-corrected chi connectivity index (χ4v) is 2.21. The molecule has 0 saturated carbocycles. The third kappa shape index (κ3) is 3.38. The van der Waals surface area contributed by atoms with Gasteiger partial charge in [0.2, 0.25) is 0 Å². The number of nitrogens with one attached hydrogen (secondary N) is 1. The Bertz CT molecular complexity index is 470. The van der Waals surface area contributed by atoms with E-state index >= 15 is 0 Å². The standard InChI is InChI=1S/C12H16F3N3O2/c1-18-5-7(11(20)8(19)6-18)16-10-4-2-3-9(17-10)12(13,14)15/h2-4,7-8,11,19-20H,5-6H2,1H3,(H,16,17)/t7-,8-,11+/m0/s1.